The molecule has 2 aromatic rings. The Bertz CT molecular complexity index is 721. The zero-order valence-corrected chi connectivity index (χ0v) is 12.1. The SMILES string of the molecule is O=C(O)c1cccc(COc2ccc(OC(F)(F)F)cc2Cl)n1. The summed E-state index contributed by atoms with van der Waals surface area (Å²) in [5.41, 5.74) is 0.183. The largest absolute Gasteiger partial charge is 0.573 e. The molecular weight excluding hydrogens is 339 g/mol. The molecule has 0 atom stereocenters. The average molecular weight is 348 g/mol. The van der Waals surface area contributed by atoms with E-state index < -0.39 is 18.1 Å². The summed E-state index contributed by atoms with van der Waals surface area (Å²) in [5, 5.41) is 8.75. The molecule has 1 N–H and O–H groups in total. The molecule has 0 spiro atoms. The highest BCUT2D eigenvalue weighted by Crippen LogP contribution is 2.32. The molecule has 23 heavy (non-hydrogen) atoms. The fourth-order valence-corrected chi connectivity index (χ4v) is 1.85. The van der Waals surface area contributed by atoms with Crippen molar-refractivity contribution in [3.8, 4) is 11.5 Å². The maximum atomic E-state index is 12.1. The quantitative estimate of drug-likeness (QED) is 0.888. The number of carboxylic acid groups (broad SMARTS) is 1. The van der Waals surface area contributed by atoms with Crippen LogP contribution in [0.15, 0.2) is 36.4 Å². The second kappa shape index (κ2) is 6.74. The Hall–Kier alpha value is -2.48. The van der Waals surface area contributed by atoms with Crippen molar-refractivity contribution in [3.63, 3.8) is 0 Å². The lowest BCUT2D eigenvalue weighted by Crippen LogP contribution is -2.17. The molecule has 0 fully saturated rings. The smallest absolute Gasteiger partial charge is 0.486 e. The van der Waals surface area contributed by atoms with E-state index in [2.05, 4.69) is 9.72 Å². The lowest BCUT2D eigenvalue weighted by Gasteiger charge is -2.11. The number of aromatic carboxylic acids is 1. The van der Waals surface area contributed by atoms with Gasteiger partial charge in [-0.1, -0.05) is 17.7 Å². The number of alkyl halides is 3. The van der Waals surface area contributed by atoms with Crippen LogP contribution in [-0.2, 0) is 6.61 Å². The molecule has 5 nitrogen and oxygen atoms in total. The van der Waals surface area contributed by atoms with Crippen LogP contribution in [0.2, 0.25) is 5.02 Å². The molecule has 1 aromatic carbocycles. The van der Waals surface area contributed by atoms with Crippen LogP contribution in [0.25, 0.3) is 0 Å². The Morgan fingerprint density at radius 3 is 2.61 bits per heavy atom. The Morgan fingerprint density at radius 2 is 2.00 bits per heavy atom. The molecule has 1 aromatic heterocycles. The third-order valence-corrected chi connectivity index (χ3v) is 2.83. The third kappa shape index (κ3) is 5.03. The van der Waals surface area contributed by atoms with Crippen LogP contribution < -0.4 is 9.47 Å². The molecule has 0 radical (unpaired) electrons. The minimum atomic E-state index is -4.81. The fraction of sp³-hybridized carbons (Fsp3) is 0.143. The van der Waals surface area contributed by atoms with Crippen molar-refractivity contribution in [2.24, 2.45) is 0 Å². The second-order valence-electron chi connectivity index (χ2n) is 4.25. The number of nitrogens with zero attached hydrogens (tertiary/aromatic N) is 1. The van der Waals surface area contributed by atoms with Gasteiger partial charge in [-0.05, 0) is 24.3 Å². The van der Waals surface area contributed by atoms with E-state index in [4.69, 9.17) is 21.4 Å². The number of rotatable bonds is 5. The van der Waals surface area contributed by atoms with Gasteiger partial charge in [0.25, 0.3) is 0 Å². The van der Waals surface area contributed by atoms with Gasteiger partial charge in [0.1, 0.15) is 23.8 Å². The first-order valence-corrected chi connectivity index (χ1v) is 6.50. The number of carboxylic acids is 1. The molecule has 0 aliphatic rings. The number of pyridine rings is 1. The Labute approximate surface area is 133 Å². The zero-order chi connectivity index (χ0) is 17.0. The fourth-order valence-electron chi connectivity index (χ4n) is 1.63. The number of ether oxygens (including phenoxy) is 2. The number of halogens is 4. The van der Waals surface area contributed by atoms with Crippen molar-refractivity contribution in [2.45, 2.75) is 13.0 Å². The molecule has 0 saturated carbocycles. The molecule has 0 saturated heterocycles. The minimum Gasteiger partial charge on any atom is -0.486 e. The molecule has 0 aliphatic carbocycles. The maximum Gasteiger partial charge on any atom is 0.573 e. The molecule has 2 rings (SSSR count). The van der Waals surface area contributed by atoms with Gasteiger partial charge in [-0.3, -0.25) is 0 Å². The maximum absolute atomic E-state index is 12.1. The zero-order valence-electron chi connectivity index (χ0n) is 11.3. The van der Waals surface area contributed by atoms with E-state index in [1.165, 1.54) is 18.2 Å². The number of hydrogen-bond acceptors (Lipinski definition) is 4. The van der Waals surface area contributed by atoms with Crippen LogP contribution in [0, 0.1) is 0 Å². The summed E-state index contributed by atoms with van der Waals surface area (Å²) in [4.78, 5) is 14.6. The van der Waals surface area contributed by atoms with E-state index in [1.807, 2.05) is 0 Å². The Kier molecular flexibility index (Phi) is 4.95. The summed E-state index contributed by atoms with van der Waals surface area (Å²) < 4.78 is 45.3. The monoisotopic (exact) mass is 347 g/mol. The summed E-state index contributed by atoms with van der Waals surface area (Å²) in [7, 11) is 0. The van der Waals surface area contributed by atoms with Crippen molar-refractivity contribution in [1.29, 1.82) is 0 Å². The lowest BCUT2D eigenvalue weighted by atomic mass is 10.3. The third-order valence-electron chi connectivity index (χ3n) is 2.54. The summed E-state index contributed by atoms with van der Waals surface area (Å²) >= 11 is 5.82. The van der Waals surface area contributed by atoms with Crippen molar-refractivity contribution >= 4 is 17.6 Å². The highest BCUT2D eigenvalue weighted by atomic mass is 35.5. The molecule has 1 heterocycles. The minimum absolute atomic E-state index is 0.0823. The van der Waals surface area contributed by atoms with Crippen LogP contribution in [0.5, 0.6) is 11.5 Å². The second-order valence-corrected chi connectivity index (χ2v) is 4.66. The van der Waals surface area contributed by atoms with Crippen LogP contribution in [0.4, 0.5) is 13.2 Å². The van der Waals surface area contributed by atoms with Crippen molar-refractivity contribution < 1.29 is 32.5 Å². The molecule has 0 bridgehead atoms. The lowest BCUT2D eigenvalue weighted by molar-refractivity contribution is -0.274. The first kappa shape index (κ1) is 16.9. The van der Waals surface area contributed by atoms with Gasteiger partial charge in [0, 0.05) is 6.07 Å². The van der Waals surface area contributed by atoms with Crippen molar-refractivity contribution in [2.75, 3.05) is 0 Å². The van der Waals surface area contributed by atoms with E-state index in [1.54, 1.807) is 6.07 Å². The van der Waals surface area contributed by atoms with Crippen molar-refractivity contribution in [3.05, 3.63) is 52.8 Å². The van der Waals surface area contributed by atoms with E-state index in [-0.39, 0.29) is 23.1 Å². The summed E-state index contributed by atoms with van der Waals surface area (Å²) in [6, 6.07) is 7.59. The van der Waals surface area contributed by atoms with Gasteiger partial charge in [0.2, 0.25) is 0 Å². The number of aromatic nitrogens is 1. The predicted octanol–water partition coefficient (Wildman–Crippen LogP) is 3.91. The number of carbonyl (C=O) groups is 1. The van der Waals surface area contributed by atoms with Crippen LogP contribution in [-0.4, -0.2) is 22.4 Å². The van der Waals surface area contributed by atoms with Crippen LogP contribution in [0.1, 0.15) is 16.2 Å². The first-order chi connectivity index (χ1) is 10.7. The Morgan fingerprint density at radius 1 is 1.26 bits per heavy atom. The predicted molar refractivity (Wildman–Crippen MR) is 73.7 cm³/mol. The highest BCUT2D eigenvalue weighted by Gasteiger charge is 2.31. The Balaban J connectivity index is 2.06. The summed E-state index contributed by atoms with van der Waals surface area (Å²) in [5.74, 6) is -1.54. The number of hydrogen-bond donors (Lipinski definition) is 1. The molecule has 122 valence electrons. The molecule has 0 amide bonds. The summed E-state index contributed by atoms with van der Waals surface area (Å²) in [6.07, 6.45) is -4.81. The van der Waals surface area contributed by atoms with Gasteiger partial charge in [0.15, 0.2) is 0 Å². The molecule has 9 heteroatoms. The summed E-state index contributed by atoms with van der Waals surface area (Å²) in [6.45, 7) is -0.0969. The van der Waals surface area contributed by atoms with Crippen LogP contribution in [0.3, 0.4) is 0 Å². The van der Waals surface area contributed by atoms with Gasteiger partial charge in [0.05, 0.1) is 10.7 Å². The average Bonchev–Trinajstić information content (AvgIpc) is 2.45. The highest BCUT2D eigenvalue weighted by molar-refractivity contribution is 6.32. The van der Waals surface area contributed by atoms with E-state index in [0.717, 1.165) is 12.1 Å². The van der Waals surface area contributed by atoms with E-state index in [0.29, 0.717) is 5.69 Å². The van der Waals surface area contributed by atoms with Gasteiger partial charge < -0.3 is 14.6 Å². The topological polar surface area (TPSA) is 68.7 Å². The standard InChI is InChI=1S/C14H9ClF3NO4/c15-10-6-9(23-14(16,17)18)4-5-12(10)22-7-8-2-1-3-11(19-8)13(20)21/h1-6H,7H2,(H,20,21). The molecular formula is C14H9ClF3NO4. The molecule has 0 aliphatic heterocycles. The van der Waals surface area contributed by atoms with Gasteiger partial charge in [-0.2, -0.15) is 0 Å². The van der Waals surface area contributed by atoms with E-state index >= 15 is 0 Å². The van der Waals surface area contributed by atoms with Crippen LogP contribution >= 0.6 is 11.6 Å². The van der Waals surface area contributed by atoms with E-state index in [9.17, 15) is 18.0 Å². The first-order valence-electron chi connectivity index (χ1n) is 6.12. The van der Waals surface area contributed by atoms with Crippen molar-refractivity contribution in [1.82, 2.24) is 4.98 Å². The van der Waals surface area contributed by atoms with Gasteiger partial charge >= 0.3 is 12.3 Å². The molecule has 0 unspecified atom stereocenters. The number of benzene rings is 1. The van der Waals surface area contributed by atoms with Gasteiger partial charge in [-0.25, -0.2) is 9.78 Å². The van der Waals surface area contributed by atoms with Gasteiger partial charge in [-0.15, -0.1) is 13.2 Å². The normalized spacial score (nSPS) is 11.1.